The number of hydrogen-bond donors (Lipinski definition) is 1. The molecule has 0 fully saturated rings. The number of aromatic nitrogens is 1. The van der Waals surface area contributed by atoms with Crippen LogP contribution in [0.15, 0.2) is 42.5 Å². The minimum Gasteiger partial charge on any atom is -0.385 e. The van der Waals surface area contributed by atoms with E-state index in [2.05, 4.69) is 30.4 Å². The Morgan fingerprint density at radius 1 is 1.04 bits per heavy atom. The van der Waals surface area contributed by atoms with Gasteiger partial charge in [0, 0.05) is 31.2 Å². The molecule has 4 heteroatoms. The molecule has 0 saturated heterocycles. The van der Waals surface area contributed by atoms with E-state index in [-0.39, 0.29) is 5.91 Å². The zero-order chi connectivity index (χ0) is 19.4. The van der Waals surface area contributed by atoms with E-state index in [9.17, 15) is 4.79 Å². The molecule has 1 aromatic heterocycles. The maximum atomic E-state index is 12.9. The molecule has 0 atom stereocenters. The second kappa shape index (κ2) is 8.31. The summed E-state index contributed by atoms with van der Waals surface area (Å²) < 4.78 is 5.06. The van der Waals surface area contributed by atoms with E-state index in [1.165, 1.54) is 5.56 Å². The molecule has 0 aliphatic rings. The van der Waals surface area contributed by atoms with E-state index < -0.39 is 0 Å². The third kappa shape index (κ3) is 4.34. The van der Waals surface area contributed by atoms with Crippen LogP contribution in [0.3, 0.4) is 0 Å². The molecule has 0 saturated carbocycles. The summed E-state index contributed by atoms with van der Waals surface area (Å²) in [4.78, 5) is 17.8. The van der Waals surface area contributed by atoms with Crippen LogP contribution in [0.2, 0.25) is 0 Å². The number of ether oxygens (including phenoxy) is 1. The molecule has 0 spiro atoms. The standard InChI is InChI=1S/C23H26N2O2/c1-15-6-8-18(9-7-15)21-14-20(23(26)24-10-5-11-27-4)19-13-16(2)12-17(3)22(19)25-21/h6-9,12-14H,5,10-11H2,1-4H3,(H,24,26). The first-order chi connectivity index (χ1) is 13.0. The summed E-state index contributed by atoms with van der Waals surface area (Å²) in [7, 11) is 1.66. The molecule has 0 bridgehead atoms. The van der Waals surface area contributed by atoms with Crippen LogP contribution in [0.1, 0.15) is 33.5 Å². The second-order valence-corrected chi connectivity index (χ2v) is 7.00. The van der Waals surface area contributed by atoms with Crippen LogP contribution in [-0.2, 0) is 4.74 Å². The van der Waals surface area contributed by atoms with E-state index >= 15 is 0 Å². The molecule has 2 aromatic carbocycles. The number of nitrogens with one attached hydrogen (secondary N) is 1. The van der Waals surface area contributed by atoms with Gasteiger partial charge in [0.15, 0.2) is 0 Å². The van der Waals surface area contributed by atoms with Gasteiger partial charge in [-0.3, -0.25) is 4.79 Å². The Hall–Kier alpha value is -2.72. The summed E-state index contributed by atoms with van der Waals surface area (Å²) in [6, 6.07) is 14.3. The average molecular weight is 362 g/mol. The topological polar surface area (TPSA) is 51.2 Å². The number of hydrogen-bond acceptors (Lipinski definition) is 3. The van der Waals surface area contributed by atoms with Gasteiger partial charge in [0.05, 0.1) is 16.8 Å². The highest BCUT2D eigenvalue weighted by Crippen LogP contribution is 2.28. The average Bonchev–Trinajstić information content (AvgIpc) is 2.65. The fraction of sp³-hybridized carbons (Fsp3) is 0.304. The Bertz CT molecular complexity index is 962. The lowest BCUT2D eigenvalue weighted by atomic mass is 9.99. The molecular weight excluding hydrogens is 336 g/mol. The Labute approximate surface area is 160 Å². The van der Waals surface area contributed by atoms with Gasteiger partial charge < -0.3 is 10.1 Å². The maximum absolute atomic E-state index is 12.9. The van der Waals surface area contributed by atoms with E-state index in [1.807, 2.05) is 38.1 Å². The molecule has 0 unspecified atom stereocenters. The third-order valence-electron chi connectivity index (χ3n) is 4.65. The van der Waals surface area contributed by atoms with Gasteiger partial charge in [-0.2, -0.15) is 0 Å². The Kier molecular flexibility index (Phi) is 5.87. The van der Waals surface area contributed by atoms with Gasteiger partial charge in [0.25, 0.3) is 5.91 Å². The highest BCUT2D eigenvalue weighted by atomic mass is 16.5. The molecular formula is C23H26N2O2. The van der Waals surface area contributed by atoms with Crippen LogP contribution in [0, 0.1) is 20.8 Å². The van der Waals surface area contributed by atoms with Crippen molar-refractivity contribution in [1.82, 2.24) is 10.3 Å². The molecule has 3 rings (SSSR count). The summed E-state index contributed by atoms with van der Waals surface area (Å²) in [6.45, 7) is 7.36. The summed E-state index contributed by atoms with van der Waals surface area (Å²) in [5.74, 6) is -0.0723. The molecule has 0 radical (unpaired) electrons. The van der Waals surface area contributed by atoms with Crippen molar-refractivity contribution in [1.29, 1.82) is 0 Å². The van der Waals surface area contributed by atoms with Crippen molar-refractivity contribution in [2.24, 2.45) is 0 Å². The fourth-order valence-corrected chi connectivity index (χ4v) is 3.25. The van der Waals surface area contributed by atoms with Crippen LogP contribution in [-0.4, -0.2) is 31.2 Å². The second-order valence-electron chi connectivity index (χ2n) is 7.00. The predicted octanol–water partition coefficient (Wildman–Crippen LogP) is 4.59. The first-order valence-electron chi connectivity index (χ1n) is 9.26. The molecule has 0 aliphatic carbocycles. The van der Waals surface area contributed by atoms with Crippen LogP contribution >= 0.6 is 0 Å². The molecule has 1 N–H and O–H groups in total. The van der Waals surface area contributed by atoms with Crippen molar-refractivity contribution in [3.8, 4) is 11.3 Å². The number of carbonyl (C=O) groups is 1. The lowest BCUT2D eigenvalue weighted by Crippen LogP contribution is -2.25. The lowest BCUT2D eigenvalue weighted by molar-refractivity contribution is 0.0950. The summed E-state index contributed by atoms with van der Waals surface area (Å²) in [5, 5.41) is 3.90. The molecule has 140 valence electrons. The molecule has 1 amide bonds. The van der Waals surface area contributed by atoms with Gasteiger partial charge in [-0.15, -0.1) is 0 Å². The summed E-state index contributed by atoms with van der Waals surface area (Å²) in [5.41, 5.74) is 6.76. The number of fused-ring (bicyclic) bond motifs is 1. The van der Waals surface area contributed by atoms with Crippen molar-refractivity contribution in [3.63, 3.8) is 0 Å². The molecule has 27 heavy (non-hydrogen) atoms. The quantitative estimate of drug-likeness (QED) is 0.652. The van der Waals surface area contributed by atoms with E-state index in [1.54, 1.807) is 7.11 Å². The predicted molar refractivity (Wildman–Crippen MR) is 110 cm³/mol. The minimum absolute atomic E-state index is 0.0723. The molecule has 3 aromatic rings. The zero-order valence-electron chi connectivity index (χ0n) is 16.4. The normalized spacial score (nSPS) is 11.0. The first-order valence-corrected chi connectivity index (χ1v) is 9.26. The highest BCUT2D eigenvalue weighted by molar-refractivity contribution is 6.08. The SMILES string of the molecule is COCCCNC(=O)c1cc(-c2ccc(C)cc2)nc2c(C)cc(C)cc12. The maximum Gasteiger partial charge on any atom is 0.252 e. The Morgan fingerprint density at radius 3 is 2.48 bits per heavy atom. The van der Waals surface area contributed by atoms with Gasteiger partial charge in [-0.1, -0.05) is 41.5 Å². The lowest BCUT2D eigenvalue weighted by Gasteiger charge is -2.13. The minimum atomic E-state index is -0.0723. The van der Waals surface area contributed by atoms with Crippen LogP contribution in [0.5, 0.6) is 0 Å². The number of rotatable bonds is 6. The van der Waals surface area contributed by atoms with Crippen molar-refractivity contribution < 1.29 is 9.53 Å². The van der Waals surface area contributed by atoms with Crippen molar-refractivity contribution in [2.75, 3.05) is 20.3 Å². The zero-order valence-corrected chi connectivity index (χ0v) is 16.4. The number of amides is 1. The van der Waals surface area contributed by atoms with Crippen LogP contribution < -0.4 is 5.32 Å². The highest BCUT2D eigenvalue weighted by Gasteiger charge is 2.15. The van der Waals surface area contributed by atoms with Gasteiger partial charge >= 0.3 is 0 Å². The molecule has 1 heterocycles. The van der Waals surface area contributed by atoms with Gasteiger partial charge in [0.2, 0.25) is 0 Å². The van der Waals surface area contributed by atoms with E-state index in [0.29, 0.717) is 18.7 Å². The van der Waals surface area contributed by atoms with E-state index in [4.69, 9.17) is 9.72 Å². The van der Waals surface area contributed by atoms with Gasteiger partial charge in [0.1, 0.15) is 0 Å². The summed E-state index contributed by atoms with van der Waals surface area (Å²) in [6.07, 6.45) is 0.786. The van der Waals surface area contributed by atoms with Gasteiger partial charge in [-0.25, -0.2) is 4.98 Å². The Morgan fingerprint density at radius 2 is 1.78 bits per heavy atom. The smallest absolute Gasteiger partial charge is 0.252 e. The number of aryl methyl sites for hydroxylation is 3. The van der Waals surface area contributed by atoms with Gasteiger partial charge in [-0.05, 0) is 44.9 Å². The number of carbonyl (C=O) groups excluding carboxylic acids is 1. The van der Waals surface area contributed by atoms with Crippen molar-refractivity contribution in [3.05, 3.63) is 64.7 Å². The summed E-state index contributed by atoms with van der Waals surface area (Å²) >= 11 is 0. The van der Waals surface area contributed by atoms with Crippen LogP contribution in [0.25, 0.3) is 22.2 Å². The van der Waals surface area contributed by atoms with Crippen molar-refractivity contribution >= 4 is 16.8 Å². The van der Waals surface area contributed by atoms with Crippen LogP contribution in [0.4, 0.5) is 0 Å². The van der Waals surface area contributed by atoms with Crippen molar-refractivity contribution in [2.45, 2.75) is 27.2 Å². The molecule has 0 aliphatic heterocycles. The fourth-order valence-electron chi connectivity index (χ4n) is 3.25. The first kappa shape index (κ1) is 19.1. The molecule has 4 nitrogen and oxygen atoms in total. The third-order valence-corrected chi connectivity index (χ3v) is 4.65. The largest absolute Gasteiger partial charge is 0.385 e. The number of methoxy groups -OCH3 is 1. The number of nitrogens with zero attached hydrogens (tertiary/aromatic N) is 1. The number of benzene rings is 2. The number of pyridine rings is 1. The Balaban J connectivity index is 2.08. The monoisotopic (exact) mass is 362 g/mol. The van der Waals surface area contributed by atoms with E-state index in [0.717, 1.165) is 39.7 Å².